The Hall–Kier alpha value is -5.95. The first-order chi connectivity index (χ1) is 26.5. The molecule has 256 valence electrons. The van der Waals surface area contributed by atoms with Gasteiger partial charge in [0.05, 0.1) is 11.0 Å². The van der Waals surface area contributed by atoms with Crippen LogP contribution in [0.25, 0.3) is 72.8 Å². The van der Waals surface area contributed by atoms with Gasteiger partial charge in [0.25, 0.3) is 0 Å². The number of benzene rings is 7. The molecule has 2 aromatic heterocycles. The number of nitrogens with zero attached hydrogens (tertiary/aromatic N) is 4. The first kappa shape index (κ1) is 31.6. The second-order valence-electron chi connectivity index (χ2n) is 14.4. The van der Waals surface area contributed by atoms with Crippen molar-refractivity contribution < 1.29 is 0 Å². The average molecular weight is 729 g/mol. The summed E-state index contributed by atoms with van der Waals surface area (Å²) in [5.41, 5.74) is 11.7. The van der Waals surface area contributed by atoms with Crippen molar-refractivity contribution in [3.8, 4) is 51.0 Å². The molecule has 0 saturated carbocycles. The molecule has 6 heteroatoms. The summed E-state index contributed by atoms with van der Waals surface area (Å²) < 4.78 is 2.47. The minimum absolute atomic E-state index is 0.146. The molecule has 0 radical (unpaired) electrons. The van der Waals surface area contributed by atoms with Crippen molar-refractivity contribution in [3.63, 3.8) is 0 Å². The van der Waals surface area contributed by atoms with E-state index < -0.39 is 0 Å². The summed E-state index contributed by atoms with van der Waals surface area (Å²) in [6.45, 7) is 4.77. The fraction of sp³-hybridized carbons (Fsp3) is 0.0625. The summed E-state index contributed by atoms with van der Waals surface area (Å²) in [6, 6.07) is 56.2. The molecule has 0 spiro atoms. The number of aromatic nitrogens is 4. The van der Waals surface area contributed by atoms with Crippen LogP contribution < -0.4 is 0 Å². The summed E-state index contributed by atoms with van der Waals surface area (Å²) in [5.74, 6) is 1.96. The Morgan fingerprint density at radius 3 is 1.63 bits per heavy atom. The van der Waals surface area contributed by atoms with Crippen LogP contribution in [0.1, 0.15) is 25.0 Å². The molecular formula is C48H32N4S2. The van der Waals surface area contributed by atoms with E-state index in [-0.39, 0.29) is 5.41 Å². The molecule has 0 N–H and O–H groups in total. The van der Waals surface area contributed by atoms with Crippen molar-refractivity contribution in [1.82, 2.24) is 19.5 Å². The number of fused-ring (bicyclic) bond motifs is 9. The summed E-state index contributed by atoms with van der Waals surface area (Å²) in [4.78, 5) is 20.2. The van der Waals surface area contributed by atoms with Crippen LogP contribution in [0.5, 0.6) is 0 Å². The van der Waals surface area contributed by atoms with Gasteiger partial charge in [-0.3, -0.25) is 0 Å². The van der Waals surface area contributed by atoms with E-state index in [1.807, 2.05) is 84.2 Å². The Labute approximate surface area is 322 Å². The van der Waals surface area contributed by atoms with E-state index in [2.05, 4.69) is 115 Å². The van der Waals surface area contributed by atoms with Gasteiger partial charge in [-0.05, 0) is 71.3 Å². The van der Waals surface area contributed by atoms with E-state index in [1.54, 1.807) is 0 Å². The molecule has 7 aromatic carbocycles. The second kappa shape index (κ2) is 12.0. The topological polar surface area (TPSA) is 43.6 Å². The average Bonchev–Trinajstić information content (AvgIpc) is 3.68. The molecule has 3 heterocycles. The molecule has 2 aliphatic rings. The van der Waals surface area contributed by atoms with Crippen LogP contribution in [-0.4, -0.2) is 19.5 Å². The van der Waals surface area contributed by atoms with Gasteiger partial charge >= 0.3 is 0 Å². The van der Waals surface area contributed by atoms with Crippen LogP contribution in [0.4, 0.5) is 0 Å². The minimum atomic E-state index is -0.146. The van der Waals surface area contributed by atoms with E-state index in [0.717, 1.165) is 22.4 Å². The highest BCUT2D eigenvalue weighted by Gasteiger charge is 2.39. The fourth-order valence-corrected chi connectivity index (χ4v) is 10.5. The Kier molecular flexibility index (Phi) is 7.04. The van der Waals surface area contributed by atoms with E-state index in [9.17, 15) is 0 Å². The number of para-hydroxylation sites is 1. The monoisotopic (exact) mass is 728 g/mol. The van der Waals surface area contributed by atoms with Crippen LogP contribution in [0.2, 0.25) is 0 Å². The van der Waals surface area contributed by atoms with Crippen molar-refractivity contribution in [2.45, 2.75) is 38.8 Å². The van der Waals surface area contributed by atoms with Crippen molar-refractivity contribution in [1.29, 1.82) is 0 Å². The Morgan fingerprint density at radius 2 is 1.00 bits per heavy atom. The number of hydrogen-bond acceptors (Lipinski definition) is 5. The molecule has 0 atom stereocenters. The van der Waals surface area contributed by atoms with Gasteiger partial charge < -0.3 is 4.57 Å². The summed E-state index contributed by atoms with van der Waals surface area (Å²) in [5, 5.41) is 2.51. The van der Waals surface area contributed by atoms with Gasteiger partial charge in [0, 0.05) is 63.7 Å². The third-order valence-electron chi connectivity index (χ3n) is 10.9. The van der Waals surface area contributed by atoms with Gasteiger partial charge in [-0.25, -0.2) is 15.0 Å². The Bertz CT molecular complexity index is 2890. The maximum Gasteiger partial charge on any atom is 0.164 e. The highest BCUT2D eigenvalue weighted by molar-refractivity contribution is 8.05. The van der Waals surface area contributed by atoms with Crippen molar-refractivity contribution in [3.05, 3.63) is 169 Å². The lowest BCUT2D eigenvalue weighted by atomic mass is 9.82. The molecule has 4 nitrogen and oxygen atoms in total. The predicted octanol–water partition coefficient (Wildman–Crippen LogP) is 12.9. The fourth-order valence-electron chi connectivity index (χ4n) is 8.26. The Morgan fingerprint density at radius 1 is 0.463 bits per heavy atom. The van der Waals surface area contributed by atoms with Crippen LogP contribution in [-0.2, 0) is 5.41 Å². The van der Waals surface area contributed by atoms with Crippen LogP contribution >= 0.6 is 23.5 Å². The largest absolute Gasteiger partial charge is 0.309 e. The lowest BCUT2D eigenvalue weighted by molar-refractivity contribution is 0.658. The van der Waals surface area contributed by atoms with Crippen molar-refractivity contribution in [2.24, 2.45) is 0 Å². The molecule has 1 aliphatic carbocycles. The van der Waals surface area contributed by atoms with Gasteiger partial charge in [0.1, 0.15) is 0 Å². The standard InChI is InChI=1S/C48H32N4S2/c1-48(2)36-26-25-34-33-17-9-10-18-38(33)52(44(34)43(36)35-27-41-42(28-37(35)48)54-40-20-12-11-19-39(40)53-41)32-23-21-31(22-24-32)47-50-45(29-13-5-3-6-14-29)49-46(51-47)30-15-7-4-8-16-30/h3-28H,1-2H3. The zero-order valence-electron chi connectivity index (χ0n) is 29.6. The van der Waals surface area contributed by atoms with Gasteiger partial charge in [0.2, 0.25) is 0 Å². The predicted molar refractivity (Wildman–Crippen MR) is 223 cm³/mol. The molecule has 1 aliphatic heterocycles. The molecule has 54 heavy (non-hydrogen) atoms. The molecule has 0 fully saturated rings. The lowest BCUT2D eigenvalue weighted by Crippen LogP contribution is -2.15. The number of rotatable bonds is 4. The summed E-state index contributed by atoms with van der Waals surface area (Å²) in [7, 11) is 0. The zero-order chi connectivity index (χ0) is 36.0. The molecule has 0 amide bonds. The molecule has 0 unspecified atom stereocenters. The van der Waals surface area contributed by atoms with E-state index in [1.165, 1.54) is 63.6 Å². The highest BCUT2D eigenvalue weighted by Crippen LogP contribution is 2.57. The highest BCUT2D eigenvalue weighted by atomic mass is 32.2. The lowest BCUT2D eigenvalue weighted by Gasteiger charge is -2.24. The van der Waals surface area contributed by atoms with Crippen molar-refractivity contribution in [2.75, 3.05) is 0 Å². The van der Waals surface area contributed by atoms with E-state index in [4.69, 9.17) is 15.0 Å². The minimum Gasteiger partial charge on any atom is -0.309 e. The smallest absolute Gasteiger partial charge is 0.164 e. The molecular weight excluding hydrogens is 697 g/mol. The molecule has 0 saturated heterocycles. The van der Waals surface area contributed by atoms with E-state index >= 15 is 0 Å². The molecule has 11 rings (SSSR count). The third-order valence-corrected chi connectivity index (χ3v) is 13.4. The zero-order valence-corrected chi connectivity index (χ0v) is 31.2. The maximum atomic E-state index is 5.00. The van der Waals surface area contributed by atoms with Gasteiger partial charge in [-0.15, -0.1) is 0 Å². The van der Waals surface area contributed by atoms with Crippen LogP contribution in [0.3, 0.4) is 0 Å². The first-order valence-corrected chi connectivity index (χ1v) is 19.8. The molecule has 9 aromatic rings. The summed E-state index contributed by atoms with van der Waals surface area (Å²) in [6.07, 6.45) is 0. The van der Waals surface area contributed by atoms with Crippen LogP contribution in [0.15, 0.2) is 177 Å². The normalized spacial score (nSPS) is 13.7. The van der Waals surface area contributed by atoms with Gasteiger partial charge in [0.15, 0.2) is 17.5 Å². The van der Waals surface area contributed by atoms with E-state index in [0.29, 0.717) is 17.5 Å². The van der Waals surface area contributed by atoms with Gasteiger partial charge in [-0.1, -0.05) is 140 Å². The van der Waals surface area contributed by atoms with Gasteiger partial charge in [-0.2, -0.15) is 0 Å². The Balaban J connectivity index is 1.09. The number of hydrogen-bond donors (Lipinski definition) is 0. The SMILES string of the molecule is CC1(C)c2cc3c(cc2-c2c1ccc1c4ccccc4n(-c4ccc(-c5nc(-c6ccccc6)nc(-c6ccccc6)n5)cc4)c21)Sc1ccccc1S3. The first-order valence-electron chi connectivity index (χ1n) is 18.2. The third kappa shape index (κ3) is 4.83. The molecule has 0 bridgehead atoms. The summed E-state index contributed by atoms with van der Waals surface area (Å²) >= 11 is 3.78. The maximum absolute atomic E-state index is 5.00. The van der Waals surface area contributed by atoms with Crippen LogP contribution in [0, 0.1) is 0 Å². The van der Waals surface area contributed by atoms with Crippen molar-refractivity contribution >= 4 is 45.3 Å². The quantitative estimate of drug-likeness (QED) is 0.180. The second-order valence-corrected chi connectivity index (χ2v) is 16.6.